The van der Waals surface area contributed by atoms with Crippen LogP contribution < -0.4 is 0 Å². The molecule has 0 heterocycles. The van der Waals surface area contributed by atoms with E-state index in [1.807, 2.05) is 0 Å². The molecule has 6 heteroatoms. The third kappa shape index (κ3) is 6.07. The highest BCUT2D eigenvalue weighted by atomic mass is 31.2. The number of hydrogen-bond donors (Lipinski definition) is 2. The molecule has 0 radical (unpaired) electrons. The SMILES string of the molecule is COOP(=O)(O)O. The molecule has 0 aliphatic heterocycles. The van der Waals surface area contributed by atoms with Crippen LogP contribution in [0.3, 0.4) is 0 Å². The molecule has 7 heavy (non-hydrogen) atoms. The molecule has 0 saturated carbocycles. The fraction of sp³-hybridized carbons (Fsp3) is 1.00. The summed E-state index contributed by atoms with van der Waals surface area (Å²) in [7, 11) is -3.37. The maximum Gasteiger partial charge on any atom is 0.496 e. The number of hydrogen-bond acceptors (Lipinski definition) is 3. The van der Waals surface area contributed by atoms with Gasteiger partial charge in [-0.3, -0.25) is 0 Å². The fourth-order valence-corrected chi connectivity index (χ4v) is 0.291. The second kappa shape index (κ2) is 2.40. The first-order valence-electron chi connectivity index (χ1n) is 1.34. The quantitative estimate of drug-likeness (QED) is 0.302. The minimum Gasteiger partial charge on any atom is -0.301 e. The van der Waals surface area contributed by atoms with Crippen molar-refractivity contribution in [2.24, 2.45) is 0 Å². The van der Waals surface area contributed by atoms with Gasteiger partial charge in [-0.15, -0.1) is 4.67 Å². The van der Waals surface area contributed by atoms with E-state index in [0.29, 0.717) is 0 Å². The first-order valence-corrected chi connectivity index (χ1v) is 2.87. The molecule has 0 spiro atoms. The first kappa shape index (κ1) is 7.07. The molecule has 0 atom stereocenters. The topological polar surface area (TPSA) is 76.0 Å². The van der Waals surface area contributed by atoms with Crippen LogP contribution in [-0.2, 0) is 14.1 Å². The summed E-state index contributed by atoms with van der Waals surface area (Å²) in [5.41, 5.74) is 0. The molecule has 0 bridgehead atoms. The van der Waals surface area contributed by atoms with Crippen LogP contribution in [0.1, 0.15) is 0 Å². The van der Waals surface area contributed by atoms with Crippen LogP contribution in [0, 0.1) is 0 Å². The van der Waals surface area contributed by atoms with Crippen molar-refractivity contribution in [3.63, 3.8) is 0 Å². The van der Waals surface area contributed by atoms with Crippen LogP contribution in [0.15, 0.2) is 0 Å². The summed E-state index contributed by atoms with van der Waals surface area (Å²) in [5.74, 6) is 0. The van der Waals surface area contributed by atoms with E-state index in [4.69, 9.17) is 9.79 Å². The lowest BCUT2D eigenvalue weighted by Gasteiger charge is -1.96. The molecule has 0 aromatic heterocycles. The predicted molar refractivity (Wildman–Crippen MR) is 20.1 cm³/mol. The molecule has 0 aromatic rings. The highest BCUT2D eigenvalue weighted by Crippen LogP contribution is 2.35. The summed E-state index contributed by atoms with van der Waals surface area (Å²) < 4.78 is 13.0. The number of phosphoric acid groups is 1. The Labute approximate surface area is 40.0 Å². The van der Waals surface area contributed by atoms with Crippen LogP contribution in [0.25, 0.3) is 0 Å². The Bertz CT molecular complexity index is 82.1. The van der Waals surface area contributed by atoms with Crippen LogP contribution in [0.5, 0.6) is 0 Å². The standard InChI is InChI=1S/CH5O5P/c1-5-6-7(2,3)4/h1H3,(H2,2,3,4). The van der Waals surface area contributed by atoms with Crippen molar-refractivity contribution >= 4 is 7.82 Å². The molecular weight excluding hydrogens is 123 g/mol. The molecule has 0 aliphatic carbocycles. The second-order valence-corrected chi connectivity index (χ2v) is 1.86. The molecule has 2 N–H and O–H groups in total. The maximum atomic E-state index is 9.58. The lowest BCUT2D eigenvalue weighted by molar-refractivity contribution is -0.195. The van der Waals surface area contributed by atoms with E-state index in [0.717, 1.165) is 7.11 Å². The van der Waals surface area contributed by atoms with Crippen LogP contribution in [0.2, 0.25) is 0 Å². The average molecular weight is 128 g/mol. The van der Waals surface area contributed by atoms with E-state index < -0.39 is 7.82 Å². The van der Waals surface area contributed by atoms with E-state index in [2.05, 4.69) is 9.56 Å². The van der Waals surface area contributed by atoms with Gasteiger partial charge in [-0.05, 0) is 0 Å². The van der Waals surface area contributed by atoms with Crippen LogP contribution in [-0.4, -0.2) is 16.9 Å². The van der Waals surface area contributed by atoms with Gasteiger partial charge in [0.25, 0.3) is 0 Å². The van der Waals surface area contributed by atoms with Crippen molar-refractivity contribution in [3.8, 4) is 0 Å². The van der Waals surface area contributed by atoms with Gasteiger partial charge in [0.1, 0.15) is 0 Å². The van der Waals surface area contributed by atoms with Gasteiger partial charge < -0.3 is 9.79 Å². The first-order chi connectivity index (χ1) is 3.06. The number of rotatable bonds is 2. The van der Waals surface area contributed by atoms with E-state index in [1.165, 1.54) is 0 Å². The van der Waals surface area contributed by atoms with E-state index >= 15 is 0 Å². The molecule has 0 saturated heterocycles. The molecule has 5 nitrogen and oxygen atoms in total. The van der Waals surface area contributed by atoms with Crippen LogP contribution in [0.4, 0.5) is 0 Å². The van der Waals surface area contributed by atoms with E-state index in [1.54, 1.807) is 0 Å². The van der Waals surface area contributed by atoms with Crippen molar-refractivity contribution in [2.45, 2.75) is 0 Å². The highest BCUT2D eigenvalue weighted by Gasteiger charge is 2.12. The zero-order valence-corrected chi connectivity index (χ0v) is 4.46. The van der Waals surface area contributed by atoms with Crippen molar-refractivity contribution in [2.75, 3.05) is 7.11 Å². The summed E-state index contributed by atoms with van der Waals surface area (Å²) in [5, 5.41) is 0. The van der Waals surface area contributed by atoms with E-state index in [9.17, 15) is 4.57 Å². The minimum atomic E-state index is -4.39. The zero-order chi connectivity index (χ0) is 5.91. The van der Waals surface area contributed by atoms with Crippen molar-refractivity contribution in [1.82, 2.24) is 0 Å². The van der Waals surface area contributed by atoms with Gasteiger partial charge in [0.2, 0.25) is 0 Å². The molecule has 0 rings (SSSR count). The summed E-state index contributed by atoms with van der Waals surface area (Å²) >= 11 is 0. The van der Waals surface area contributed by atoms with Crippen LogP contribution >= 0.6 is 7.82 Å². The molecule has 0 aliphatic rings. The third-order valence-corrected chi connectivity index (χ3v) is 0.515. The summed E-state index contributed by atoms with van der Waals surface area (Å²) in [6, 6.07) is 0. The van der Waals surface area contributed by atoms with E-state index in [-0.39, 0.29) is 0 Å². The van der Waals surface area contributed by atoms with Crippen molar-refractivity contribution in [3.05, 3.63) is 0 Å². The van der Waals surface area contributed by atoms with Gasteiger partial charge in [-0.1, -0.05) is 0 Å². The Morgan fingerprint density at radius 3 is 2.00 bits per heavy atom. The van der Waals surface area contributed by atoms with Gasteiger partial charge in [-0.25, -0.2) is 9.45 Å². The minimum absolute atomic E-state index is 1.01. The lowest BCUT2D eigenvalue weighted by Crippen LogP contribution is -1.83. The summed E-state index contributed by atoms with van der Waals surface area (Å²) in [6.07, 6.45) is 0. The summed E-state index contributed by atoms with van der Waals surface area (Å²) in [6.45, 7) is 0. The predicted octanol–water partition coefficient (Wildman–Crippen LogP) is -0.343. The van der Waals surface area contributed by atoms with Gasteiger partial charge in [0, 0.05) is 0 Å². The average Bonchev–Trinajstić information content (AvgIpc) is 1.30. The third-order valence-electron chi connectivity index (χ3n) is 0.172. The summed E-state index contributed by atoms with van der Waals surface area (Å²) in [4.78, 5) is 19.2. The Balaban J connectivity index is 3.36. The molecular formula is CH5O5P. The van der Waals surface area contributed by atoms with Gasteiger partial charge in [0.05, 0.1) is 7.11 Å². The van der Waals surface area contributed by atoms with Gasteiger partial charge >= 0.3 is 7.82 Å². The lowest BCUT2D eigenvalue weighted by atomic mass is 11.8. The van der Waals surface area contributed by atoms with Gasteiger partial charge in [-0.2, -0.15) is 0 Å². The Morgan fingerprint density at radius 2 is 2.00 bits per heavy atom. The fourth-order valence-electron chi connectivity index (χ4n) is 0.0971. The Morgan fingerprint density at radius 1 is 1.57 bits per heavy atom. The normalized spacial score (nSPS) is 11.9. The smallest absolute Gasteiger partial charge is 0.301 e. The zero-order valence-electron chi connectivity index (χ0n) is 3.57. The Hall–Kier alpha value is 0.0700. The monoisotopic (exact) mass is 128 g/mol. The molecule has 0 unspecified atom stereocenters. The molecule has 0 amide bonds. The second-order valence-electron chi connectivity index (χ2n) is 0.732. The van der Waals surface area contributed by atoms with Crippen molar-refractivity contribution in [1.29, 1.82) is 0 Å². The molecule has 0 aromatic carbocycles. The highest BCUT2D eigenvalue weighted by molar-refractivity contribution is 7.46. The van der Waals surface area contributed by atoms with Gasteiger partial charge in [0.15, 0.2) is 0 Å². The molecule has 0 fully saturated rings. The largest absolute Gasteiger partial charge is 0.496 e. The Kier molecular flexibility index (Phi) is 2.42. The molecule has 44 valence electrons. The maximum absolute atomic E-state index is 9.58. The van der Waals surface area contributed by atoms with Crippen molar-refractivity contribution < 1.29 is 23.9 Å².